The first-order valence-corrected chi connectivity index (χ1v) is 11.0. The van der Waals surface area contributed by atoms with E-state index in [1.807, 2.05) is 22.7 Å². The summed E-state index contributed by atoms with van der Waals surface area (Å²) in [6.45, 7) is 0. The molecule has 0 aliphatic carbocycles. The smallest absolute Gasteiger partial charge is 0.0463 e. The van der Waals surface area contributed by atoms with Crippen molar-refractivity contribution in [3.63, 3.8) is 0 Å². The minimum Gasteiger partial charge on any atom is -0.134 e. The lowest BCUT2D eigenvalue weighted by atomic mass is 10.1. The Hall–Kier alpha value is -2.94. The highest BCUT2D eigenvalue weighted by molar-refractivity contribution is 7.31. The van der Waals surface area contributed by atoms with Gasteiger partial charge in [0.2, 0.25) is 0 Å². The summed E-state index contributed by atoms with van der Waals surface area (Å²) in [6.07, 6.45) is 0. The number of fused-ring (bicyclic) bond motifs is 3. The van der Waals surface area contributed by atoms with E-state index in [4.69, 9.17) is 0 Å². The molecule has 0 amide bonds. The molecule has 28 heavy (non-hydrogen) atoms. The zero-order valence-corrected chi connectivity index (χ0v) is 16.7. The average Bonchev–Trinajstić information content (AvgIpc) is 3.32. The van der Waals surface area contributed by atoms with Crippen LogP contribution in [0.25, 0.3) is 51.8 Å². The van der Waals surface area contributed by atoms with Crippen molar-refractivity contribution in [3.8, 4) is 20.9 Å². The quantitative estimate of drug-likeness (QED) is 0.277. The number of hydrogen-bond acceptors (Lipinski definition) is 2. The molecule has 0 fully saturated rings. The van der Waals surface area contributed by atoms with Gasteiger partial charge in [-0.15, -0.1) is 22.7 Å². The Labute approximate surface area is 171 Å². The maximum absolute atomic E-state index is 2.35. The van der Waals surface area contributed by atoms with E-state index in [2.05, 4.69) is 97.1 Å². The van der Waals surface area contributed by atoms with Crippen LogP contribution in [-0.4, -0.2) is 0 Å². The molecule has 0 nitrogen and oxygen atoms in total. The summed E-state index contributed by atoms with van der Waals surface area (Å²) in [6, 6.07) is 35.3. The Morgan fingerprint density at radius 2 is 0.821 bits per heavy atom. The summed E-state index contributed by atoms with van der Waals surface area (Å²) < 4.78 is 2.74. The number of rotatable bonds is 2. The first kappa shape index (κ1) is 16.1. The fourth-order valence-corrected chi connectivity index (χ4v) is 6.19. The number of benzene rings is 4. The van der Waals surface area contributed by atoms with Crippen molar-refractivity contribution in [1.82, 2.24) is 0 Å². The van der Waals surface area contributed by atoms with E-state index in [9.17, 15) is 0 Å². The van der Waals surface area contributed by atoms with Crippen molar-refractivity contribution >= 4 is 53.6 Å². The highest BCUT2D eigenvalue weighted by atomic mass is 32.1. The molecule has 0 N–H and O–H groups in total. The Kier molecular flexibility index (Phi) is 3.61. The molecule has 0 aliphatic heterocycles. The van der Waals surface area contributed by atoms with Crippen LogP contribution in [0.3, 0.4) is 0 Å². The van der Waals surface area contributed by atoms with Gasteiger partial charge in [-0.2, -0.15) is 0 Å². The largest absolute Gasteiger partial charge is 0.134 e. The van der Waals surface area contributed by atoms with Gasteiger partial charge in [0.25, 0.3) is 0 Å². The fraction of sp³-hybridized carbons (Fsp3) is 0. The zero-order valence-electron chi connectivity index (χ0n) is 15.1. The Morgan fingerprint density at radius 3 is 1.29 bits per heavy atom. The van der Waals surface area contributed by atoms with Crippen molar-refractivity contribution in [1.29, 1.82) is 0 Å². The van der Waals surface area contributed by atoms with Gasteiger partial charge in [-0.3, -0.25) is 0 Å². The fourth-order valence-electron chi connectivity index (χ4n) is 3.81. The molecule has 0 spiro atoms. The summed E-state index contributed by atoms with van der Waals surface area (Å²) in [4.78, 5) is 2.69. The van der Waals surface area contributed by atoms with Crippen molar-refractivity contribution < 1.29 is 0 Å². The minimum absolute atomic E-state index is 1.29. The van der Waals surface area contributed by atoms with Gasteiger partial charge in [0.05, 0.1) is 0 Å². The maximum Gasteiger partial charge on any atom is 0.0463 e. The summed E-state index contributed by atoms with van der Waals surface area (Å²) in [7, 11) is 0. The minimum atomic E-state index is 1.29. The first-order valence-electron chi connectivity index (χ1n) is 9.35. The van der Waals surface area contributed by atoms with E-state index in [-0.39, 0.29) is 0 Å². The first-order chi connectivity index (χ1) is 13.8. The van der Waals surface area contributed by atoms with E-state index in [0.29, 0.717) is 0 Å². The van der Waals surface area contributed by atoms with Gasteiger partial charge in [0, 0.05) is 19.2 Å². The van der Waals surface area contributed by atoms with Crippen LogP contribution in [0.2, 0.25) is 0 Å². The molecule has 0 bridgehead atoms. The zero-order chi connectivity index (χ0) is 18.5. The molecular weight excluding hydrogens is 376 g/mol. The SMILES string of the molecule is c1ccc2cc(-c3cc4sc(-c5ccc6ccccc6c5)cc4s3)ccc2c1. The Morgan fingerprint density at radius 1 is 0.393 bits per heavy atom. The lowest BCUT2D eigenvalue weighted by Gasteiger charge is -2.02. The second-order valence-corrected chi connectivity index (χ2v) is 9.24. The van der Waals surface area contributed by atoms with E-state index >= 15 is 0 Å². The molecule has 0 saturated heterocycles. The van der Waals surface area contributed by atoms with E-state index in [1.165, 1.54) is 51.8 Å². The van der Waals surface area contributed by atoms with Crippen molar-refractivity contribution in [3.05, 3.63) is 97.1 Å². The number of hydrogen-bond donors (Lipinski definition) is 0. The van der Waals surface area contributed by atoms with Crippen LogP contribution < -0.4 is 0 Å². The van der Waals surface area contributed by atoms with Crippen LogP contribution in [0, 0.1) is 0 Å². The lowest BCUT2D eigenvalue weighted by Crippen LogP contribution is -1.75. The molecule has 4 aromatic carbocycles. The van der Waals surface area contributed by atoms with Crippen molar-refractivity contribution in [2.45, 2.75) is 0 Å². The third-order valence-electron chi connectivity index (χ3n) is 5.28. The van der Waals surface area contributed by atoms with Crippen LogP contribution in [0.4, 0.5) is 0 Å². The molecule has 2 heterocycles. The molecule has 0 radical (unpaired) electrons. The van der Waals surface area contributed by atoms with Crippen molar-refractivity contribution in [2.24, 2.45) is 0 Å². The van der Waals surface area contributed by atoms with Crippen molar-refractivity contribution in [2.75, 3.05) is 0 Å². The van der Waals surface area contributed by atoms with E-state index in [1.54, 1.807) is 0 Å². The second kappa shape index (κ2) is 6.30. The molecule has 2 heteroatoms. The van der Waals surface area contributed by atoms with Crippen LogP contribution in [-0.2, 0) is 0 Å². The van der Waals surface area contributed by atoms with E-state index in [0.717, 1.165) is 0 Å². The molecule has 6 rings (SSSR count). The lowest BCUT2D eigenvalue weighted by molar-refractivity contribution is 1.74. The molecule has 2 aromatic heterocycles. The van der Waals surface area contributed by atoms with Gasteiger partial charge in [-0.1, -0.05) is 72.8 Å². The van der Waals surface area contributed by atoms with Crippen LogP contribution in [0.15, 0.2) is 97.1 Å². The maximum atomic E-state index is 2.35. The molecule has 0 unspecified atom stereocenters. The highest BCUT2D eigenvalue weighted by Crippen LogP contribution is 2.42. The predicted octanol–water partition coefficient (Wildman–Crippen LogP) is 8.60. The topological polar surface area (TPSA) is 0 Å². The van der Waals surface area contributed by atoms with Gasteiger partial charge < -0.3 is 0 Å². The summed E-state index contributed by atoms with van der Waals surface area (Å²) in [5, 5.41) is 5.19. The third-order valence-corrected chi connectivity index (χ3v) is 7.67. The van der Waals surface area contributed by atoms with Crippen LogP contribution in [0.1, 0.15) is 0 Å². The third kappa shape index (κ3) is 2.65. The molecule has 6 aromatic rings. The van der Waals surface area contributed by atoms with Gasteiger partial charge in [-0.25, -0.2) is 0 Å². The van der Waals surface area contributed by atoms with Gasteiger partial charge in [-0.05, 0) is 56.9 Å². The standard InChI is InChI=1S/C26H16S2/c1-3-7-19-13-21(11-9-17(19)5-1)23-15-25-26(27-23)16-24(28-25)22-12-10-18-6-2-4-8-20(18)14-22/h1-16H. The average molecular weight is 393 g/mol. The number of thiophene rings is 2. The van der Waals surface area contributed by atoms with Gasteiger partial charge in [0.1, 0.15) is 0 Å². The predicted molar refractivity (Wildman–Crippen MR) is 126 cm³/mol. The van der Waals surface area contributed by atoms with E-state index < -0.39 is 0 Å². The van der Waals surface area contributed by atoms with Crippen LogP contribution >= 0.6 is 22.7 Å². The molecule has 132 valence electrons. The molecule has 0 saturated carbocycles. The van der Waals surface area contributed by atoms with Gasteiger partial charge >= 0.3 is 0 Å². The Bertz CT molecular complexity index is 1330. The molecule has 0 aliphatic rings. The second-order valence-electron chi connectivity index (χ2n) is 7.07. The van der Waals surface area contributed by atoms with Crippen LogP contribution in [0.5, 0.6) is 0 Å². The highest BCUT2D eigenvalue weighted by Gasteiger charge is 2.10. The Balaban J connectivity index is 1.41. The normalized spacial score (nSPS) is 11.6. The monoisotopic (exact) mass is 392 g/mol. The summed E-state index contributed by atoms with van der Waals surface area (Å²) in [5.74, 6) is 0. The molecule has 0 atom stereocenters. The molecular formula is C26H16S2. The van der Waals surface area contributed by atoms with Gasteiger partial charge in [0.15, 0.2) is 0 Å². The summed E-state index contributed by atoms with van der Waals surface area (Å²) in [5.41, 5.74) is 2.61. The summed E-state index contributed by atoms with van der Waals surface area (Å²) >= 11 is 3.78.